The Labute approximate surface area is 128 Å². The molecule has 0 aliphatic carbocycles. The predicted molar refractivity (Wildman–Crippen MR) is 80.4 cm³/mol. The van der Waals surface area contributed by atoms with Crippen LogP contribution in [0.25, 0.3) is 0 Å². The summed E-state index contributed by atoms with van der Waals surface area (Å²) in [7, 11) is -3.59. The van der Waals surface area contributed by atoms with Gasteiger partial charge >= 0.3 is 0 Å². The average Bonchev–Trinajstić information content (AvgIpc) is 2.44. The topological polar surface area (TPSA) is 43.4 Å². The van der Waals surface area contributed by atoms with E-state index in [-0.39, 0.29) is 12.4 Å². The van der Waals surface area contributed by atoms with Gasteiger partial charge in [-0.1, -0.05) is 30.3 Å². The van der Waals surface area contributed by atoms with Gasteiger partial charge in [0.15, 0.2) is 9.84 Å². The first-order valence-electron chi connectivity index (χ1n) is 6.63. The number of hydrogen-bond acceptors (Lipinski definition) is 3. The van der Waals surface area contributed by atoms with E-state index in [1.54, 1.807) is 0 Å². The third-order valence-corrected chi connectivity index (χ3v) is 4.87. The molecule has 0 saturated carbocycles. The number of sulfone groups is 1. The van der Waals surface area contributed by atoms with Crippen LogP contribution >= 0.6 is 0 Å². The quantitative estimate of drug-likeness (QED) is 0.842. The van der Waals surface area contributed by atoms with Crippen molar-refractivity contribution in [1.82, 2.24) is 0 Å². The van der Waals surface area contributed by atoms with Crippen LogP contribution < -0.4 is 4.74 Å². The van der Waals surface area contributed by atoms with Crippen molar-refractivity contribution in [2.75, 3.05) is 6.26 Å². The van der Waals surface area contributed by atoms with Crippen LogP contribution in [0.3, 0.4) is 0 Å². The van der Waals surface area contributed by atoms with Crippen molar-refractivity contribution in [2.45, 2.75) is 18.8 Å². The predicted octanol–water partition coefficient (Wildman–Crippen LogP) is 3.65. The van der Waals surface area contributed by atoms with Gasteiger partial charge in [-0.3, -0.25) is 0 Å². The molecule has 2 aromatic rings. The van der Waals surface area contributed by atoms with Gasteiger partial charge in [0, 0.05) is 24.0 Å². The molecule has 22 heavy (non-hydrogen) atoms. The Morgan fingerprint density at radius 1 is 1.09 bits per heavy atom. The lowest BCUT2D eigenvalue weighted by atomic mass is 10.1. The molecule has 0 aliphatic heterocycles. The highest BCUT2D eigenvalue weighted by molar-refractivity contribution is 7.90. The van der Waals surface area contributed by atoms with Gasteiger partial charge < -0.3 is 4.74 Å². The highest BCUT2D eigenvalue weighted by Crippen LogP contribution is 2.30. The molecule has 0 aromatic heterocycles. The van der Waals surface area contributed by atoms with Crippen LogP contribution in [0.15, 0.2) is 42.5 Å². The Morgan fingerprint density at radius 2 is 1.64 bits per heavy atom. The monoisotopic (exact) mass is 326 g/mol. The molecule has 0 radical (unpaired) electrons. The summed E-state index contributed by atoms with van der Waals surface area (Å²) in [4.78, 5) is 0. The molecule has 0 aliphatic rings. The summed E-state index contributed by atoms with van der Waals surface area (Å²) >= 11 is 0. The number of rotatable bonds is 5. The Bertz CT molecular complexity index is 735. The minimum absolute atomic E-state index is 0.0169. The number of benzene rings is 2. The van der Waals surface area contributed by atoms with E-state index in [0.717, 1.165) is 24.0 Å². The van der Waals surface area contributed by atoms with E-state index >= 15 is 0 Å². The van der Waals surface area contributed by atoms with E-state index in [1.165, 1.54) is 6.92 Å². The average molecular weight is 326 g/mol. The van der Waals surface area contributed by atoms with Gasteiger partial charge in [-0.25, -0.2) is 17.2 Å². The normalized spacial score (nSPS) is 12.9. The van der Waals surface area contributed by atoms with Crippen LogP contribution in [-0.2, 0) is 16.4 Å². The van der Waals surface area contributed by atoms with Crippen molar-refractivity contribution in [3.05, 3.63) is 65.2 Å². The minimum Gasteiger partial charge on any atom is -0.489 e. The molecule has 0 amide bonds. The van der Waals surface area contributed by atoms with Crippen molar-refractivity contribution in [3.63, 3.8) is 0 Å². The van der Waals surface area contributed by atoms with Crippen LogP contribution in [0.1, 0.15) is 23.3 Å². The zero-order valence-corrected chi connectivity index (χ0v) is 13.0. The molecule has 2 aromatic carbocycles. The second kappa shape index (κ2) is 6.44. The van der Waals surface area contributed by atoms with E-state index in [1.807, 2.05) is 30.3 Å². The number of ether oxygens (including phenoxy) is 1. The maximum absolute atomic E-state index is 14.0. The van der Waals surface area contributed by atoms with Gasteiger partial charge in [-0.2, -0.15) is 0 Å². The highest BCUT2D eigenvalue weighted by atomic mass is 32.2. The molecule has 0 spiro atoms. The van der Waals surface area contributed by atoms with Gasteiger partial charge in [0.1, 0.15) is 24.0 Å². The molecule has 1 atom stereocenters. The third kappa shape index (κ3) is 3.82. The molecule has 6 heteroatoms. The maximum Gasteiger partial charge on any atom is 0.154 e. The first kappa shape index (κ1) is 16.4. The van der Waals surface area contributed by atoms with Crippen LogP contribution in [0.4, 0.5) is 8.78 Å². The molecule has 0 fully saturated rings. The van der Waals surface area contributed by atoms with Crippen LogP contribution in [0.5, 0.6) is 5.75 Å². The van der Waals surface area contributed by atoms with Crippen molar-refractivity contribution in [3.8, 4) is 5.75 Å². The maximum atomic E-state index is 14.0. The summed E-state index contributed by atoms with van der Waals surface area (Å²) in [5.74, 6) is -1.84. The fourth-order valence-corrected chi connectivity index (χ4v) is 2.64. The molecule has 0 N–H and O–H groups in total. The zero-order valence-electron chi connectivity index (χ0n) is 12.2. The lowest BCUT2D eigenvalue weighted by molar-refractivity contribution is 0.302. The second-order valence-corrected chi connectivity index (χ2v) is 7.41. The van der Waals surface area contributed by atoms with E-state index in [4.69, 9.17) is 4.74 Å². The fraction of sp³-hybridized carbons (Fsp3) is 0.250. The van der Waals surface area contributed by atoms with Gasteiger partial charge in [-0.15, -0.1) is 0 Å². The van der Waals surface area contributed by atoms with Gasteiger partial charge in [0.2, 0.25) is 0 Å². The molecule has 3 nitrogen and oxygen atoms in total. The van der Waals surface area contributed by atoms with Gasteiger partial charge in [0.05, 0.1) is 5.25 Å². The summed E-state index contributed by atoms with van der Waals surface area (Å²) in [6.45, 7) is 1.42. The van der Waals surface area contributed by atoms with Crippen molar-refractivity contribution >= 4 is 9.84 Å². The van der Waals surface area contributed by atoms with Crippen LogP contribution in [-0.4, -0.2) is 14.7 Å². The highest BCUT2D eigenvalue weighted by Gasteiger charge is 2.25. The first-order chi connectivity index (χ1) is 10.3. The third-order valence-electron chi connectivity index (χ3n) is 3.35. The summed E-state index contributed by atoms with van der Waals surface area (Å²) in [5.41, 5.74) is 0.395. The molecular weight excluding hydrogens is 310 g/mol. The summed E-state index contributed by atoms with van der Waals surface area (Å²) < 4.78 is 56.3. The summed E-state index contributed by atoms with van der Waals surface area (Å²) in [6, 6.07) is 11.2. The smallest absolute Gasteiger partial charge is 0.154 e. The van der Waals surface area contributed by atoms with E-state index in [9.17, 15) is 17.2 Å². The Hall–Kier alpha value is -1.95. The summed E-state index contributed by atoms with van der Waals surface area (Å²) in [5, 5.41) is -1.25. The van der Waals surface area contributed by atoms with Gasteiger partial charge in [-0.05, 0) is 12.5 Å². The summed E-state index contributed by atoms with van der Waals surface area (Å²) in [6.07, 6.45) is 0.941. The van der Waals surface area contributed by atoms with Gasteiger partial charge in [0.25, 0.3) is 0 Å². The van der Waals surface area contributed by atoms with Crippen molar-refractivity contribution in [2.24, 2.45) is 0 Å². The molecular formula is C16H16F2O3S. The molecule has 2 rings (SSSR count). The minimum atomic E-state index is -3.59. The molecule has 1 unspecified atom stereocenters. The Morgan fingerprint density at radius 3 is 2.14 bits per heavy atom. The SMILES string of the molecule is CC(c1c(F)cc(OCc2ccccc2)cc1F)S(C)(=O)=O. The first-order valence-corrected chi connectivity index (χ1v) is 8.59. The number of halogens is 2. The lowest BCUT2D eigenvalue weighted by Gasteiger charge is -2.14. The molecule has 0 saturated heterocycles. The van der Waals surface area contributed by atoms with Crippen molar-refractivity contribution in [1.29, 1.82) is 0 Å². The van der Waals surface area contributed by atoms with Crippen LogP contribution in [0.2, 0.25) is 0 Å². The zero-order chi connectivity index (χ0) is 16.3. The van der Waals surface area contributed by atoms with Crippen LogP contribution in [0, 0.1) is 11.6 Å². The largest absolute Gasteiger partial charge is 0.489 e. The fourth-order valence-electron chi connectivity index (χ4n) is 1.99. The molecule has 118 valence electrons. The van der Waals surface area contributed by atoms with Crippen molar-refractivity contribution < 1.29 is 21.9 Å². The van der Waals surface area contributed by atoms with E-state index in [0.29, 0.717) is 0 Å². The van der Waals surface area contributed by atoms with E-state index < -0.39 is 32.3 Å². The molecule has 0 heterocycles. The number of hydrogen-bond donors (Lipinski definition) is 0. The second-order valence-electron chi connectivity index (χ2n) is 5.05. The standard InChI is InChI=1S/C16H16F2O3S/c1-11(22(2,19)20)16-14(17)8-13(9-15(16)18)21-10-12-6-4-3-5-7-12/h3-9,11H,10H2,1-2H3. The van der Waals surface area contributed by atoms with E-state index in [2.05, 4.69) is 0 Å². The Balaban J connectivity index is 2.23. The Kier molecular flexibility index (Phi) is 4.81. The lowest BCUT2D eigenvalue weighted by Crippen LogP contribution is -2.12. The molecule has 0 bridgehead atoms.